The predicted octanol–water partition coefficient (Wildman–Crippen LogP) is 4.10. The number of halogens is 3. The predicted molar refractivity (Wildman–Crippen MR) is 64.2 cm³/mol. The monoisotopic (exact) mass is 287 g/mol. The molecule has 0 aliphatic heterocycles. The third-order valence-corrected chi connectivity index (χ3v) is 3.04. The zero-order chi connectivity index (χ0) is 14.2. The van der Waals surface area contributed by atoms with Crippen LogP contribution in [0.4, 0.5) is 14.7 Å². The smallest absolute Gasteiger partial charge is 0.404 e. The normalized spacial score (nSPS) is 12.4. The molecule has 7 heteroatoms. The quantitative estimate of drug-likeness (QED) is 0.485. The molecule has 100 valence electrons. The van der Waals surface area contributed by atoms with Gasteiger partial charge < -0.3 is 4.42 Å². The first kappa shape index (κ1) is 13.5. The van der Waals surface area contributed by atoms with Crippen molar-refractivity contribution < 1.29 is 18.1 Å². The Kier molecular flexibility index (Phi) is 3.53. The fraction of sp³-hybridized carbons (Fsp3) is 0.167. The van der Waals surface area contributed by atoms with E-state index in [1.54, 1.807) is 0 Å². The first-order valence-electron chi connectivity index (χ1n) is 5.24. The molecule has 0 N–H and O–H groups in total. The third-order valence-electron chi connectivity index (χ3n) is 2.59. The molecule has 1 atom stereocenters. The van der Waals surface area contributed by atoms with Crippen LogP contribution in [-0.4, -0.2) is 4.92 Å². The Morgan fingerprint density at radius 3 is 2.58 bits per heavy atom. The van der Waals surface area contributed by atoms with Crippen LogP contribution in [0.25, 0.3) is 0 Å². The van der Waals surface area contributed by atoms with Gasteiger partial charge in [0.25, 0.3) is 0 Å². The molecule has 1 aromatic carbocycles. The second kappa shape index (κ2) is 4.97. The third kappa shape index (κ3) is 2.58. The molecule has 0 aliphatic carbocycles. The topological polar surface area (TPSA) is 56.3 Å². The van der Waals surface area contributed by atoms with Gasteiger partial charge in [-0.3, -0.25) is 10.1 Å². The van der Waals surface area contributed by atoms with E-state index < -0.39 is 27.8 Å². The molecule has 19 heavy (non-hydrogen) atoms. The van der Waals surface area contributed by atoms with Crippen LogP contribution in [0.15, 0.2) is 28.7 Å². The van der Waals surface area contributed by atoms with Crippen LogP contribution in [0.5, 0.6) is 0 Å². The van der Waals surface area contributed by atoms with Crippen molar-refractivity contribution in [1.29, 1.82) is 0 Å². The van der Waals surface area contributed by atoms with Crippen LogP contribution >= 0.6 is 11.6 Å². The molecular weight excluding hydrogens is 280 g/mol. The van der Waals surface area contributed by atoms with Gasteiger partial charge in [-0.05, 0) is 24.6 Å². The highest BCUT2D eigenvalue weighted by atomic mass is 35.5. The van der Waals surface area contributed by atoms with Gasteiger partial charge in [0.05, 0.1) is 6.07 Å². The molecule has 1 heterocycles. The lowest BCUT2D eigenvalue weighted by Crippen LogP contribution is -1.98. The Bertz CT molecular complexity index is 642. The summed E-state index contributed by atoms with van der Waals surface area (Å²) in [4.78, 5) is 9.76. The fourth-order valence-corrected chi connectivity index (χ4v) is 1.89. The Hall–Kier alpha value is -1.95. The molecule has 0 fully saturated rings. The van der Waals surface area contributed by atoms with Crippen molar-refractivity contribution >= 4 is 17.5 Å². The van der Waals surface area contributed by atoms with Gasteiger partial charge >= 0.3 is 5.88 Å². The molecule has 0 saturated heterocycles. The van der Waals surface area contributed by atoms with Crippen molar-refractivity contribution in [3.05, 3.63) is 62.9 Å². The Morgan fingerprint density at radius 1 is 1.32 bits per heavy atom. The van der Waals surface area contributed by atoms with Crippen LogP contribution in [0.2, 0.25) is 0 Å². The summed E-state index contributed by atoms with van der Waals surface area (Å²) in [6, 6.07) is 4.38. The van der Waals surface area contributed by atoms with E-state index in [1.807, 2.05) is 0 Å². The summed E-state index contributed by atoms with van der Waals surface area (Å²) in [5.74, 6) is -1.98. The minimum atomic E-state index is -1.06. The molecule has 0 radical (unpaired) electrons. The maximum atomic E-state index is 13.6. The van der Waals surface area contributed by atoms with Gasteiger partial charge in [-0.25, -0.2) is 8.78 Å². The van der Waals surface area contributed by atoms with Crippen LogP contribution in [-0.2, 0) is 0 Å². The number of hydrogen-bond donors (Lipinski definition) is 0. The number of nitrogens with zero attached hydrogens (tertiary/aromatic N) is 1. The SMILES string of the molecule is Cc1cc(C(Cl)c2ccc([N+](=O)[O-])o2)c(F)cc1F. The minimum Gasteiger partial charge on any atom is -0.404 e. The van der Waals surface area contributed by atoms with Gasteiger partial charge in [-0.2, -0.15) is 0 Å². The summed E-state index contributed by atoms with van der Waals surface area (Å²) in [5, 5.41) is 9.42. The molecule has 0 amide bonds. The van der Waals surface area contributed by atoms with Crippen molar-refractivity contribution in [2.75, 3.05) is 0 Å². The summed E-state index contributed by atoms with van der Waals surface area (Å²) < 4.78 is 31.7. The second-order valence-electron chi connectivity index (χ2n) is 3.92. The van der Waals surface area contributed by atoms with Crippen molar-refractivity contribution in [2.45, 2.75) is 12.3 Å². The Morgan fingerprint density at radius 2 is 2.00 bits per heavy atom. The highest BCUT2D eigenvalue weighted by Crippen LogP contribution is 2.34. The highest BCUT2D eigenvalue weighted by molar-refractivity contribution is 6.22. The number of rotatable bonds is 3. The molecule has 0 spiro atoms. The summed E-state index contributed by atoms with van der Waals surface area (Å²) in [7, 11) is 0. The van der Waals surface area contributed by atoms with Crippen LogP contribution in [0.3, 0.4) is 0 Å². The lowest BCUT2D eigenvalue weighted by atomic mass is 10.1. The highest BCUT2D eigenvalue weighted by Gasteiger charge is 2.23. The number of benzene rings is 1. The van der Waals surface area contributed by atoms with E-state index >= 15 is 0 Å². The van der Waals surface area contributed by atoms with E-state index in [-0.39, 0.29) is 16.9 Å². The van der Waals surface area contributed by atoms with E-state index in [4.69, 9.17) is 16.0 Å². The molecule has 1 aromatic heterocycles. The van der Waals surface area contributed by atoms with Gasteiger partial charge in [0, 0.05) is 11.6 Å². The van der Waals surface area contributed by atoms with Crippen LogP contribution in [0.1, 0.15) is 22.3 Å². The first-order valence-corrected chi connectivity index (χ1v) is 5.67. The molecule has 0 aliphatic rings. The average molecular weight is 288 g/mol. The molecular formula is C12H8ClF2NO3. The lowest BCUT2D eigenvalue weighted by molar-refractivity contribution is -0.402. The van der Waals surface area contributed by atoms with E-state index in [1.165, 1.54) is 19.1 Å². The Balaban J connectivity index is 2.40. The molecule has 2 rings (SSSR count). The fourth-order valence-electron chi connectivity index (χ4n) is 1.60. The second-order valence-corrected chi connectivity index (χ2v) is 4.36. The molecule has 1 unspecified atom stereocenters. The largest absolute Gasteiger partial charge is 0.433 e. The average Bonchev–Trinajstić information content (AvgIpc) is 2.82. The van der Waals surface area contributed by atoms with Crippen molar-refractivity contribution in [1.82, 2.24) is 0 Å². The van der Waals surface area contributed by atoms with E-state index in [9.17, 15) is 18.9 Å². The number of nitro groups is 1. The zero-order valence-corrected chi connectivity index (χ0v) is 10.4. The summed E-state index contributed by atoms with van der Waals surface area (Å²) in [5.41, 5.74) is 0.230. The summed E-state index contributed by atoms with van der Waals surface area (Å²) >= 11 is 6.00. The minimum absolute atomic E-state index is 0.00446. The van der Waals surface area contributed by atoms with Gasteiger partial charge in [-0.15, -0.1) is 11.6 Å². The van der Waals surface area contributed by atoms with Crippen LogP contribution < -0.4 is 0 Å². The van der Waals surface area contributed by atoms with E-state index in [2.05, 4.69) is 0 Å². The molecule has 4 nitrogen and oxygen atoms in total. The van der Waals surface area contributed by atoms with Gasteiger partial charge in [0.1, 0.15) is 27.7 Å². The first-order chi connectivity index (χ1) is 8.90. The lowest BCUT2D eigenvalue weighted by Gasteiger charge is -2.09. The van der Waals surface area contributed by atoms with E-state index in [0.717, 1.165) is 12.1 Å². The van der Waals surface area contributed by atoms with Crippen molar-refractivity contribution in [3.8, 4) is 0 Å². The zero-order valence-electron chi connectivity index (χ0n) is 9.69. The van der Waals surface area contributed by atoms with Gasteiger partial charge in [0.2, 0.25) is 0 Å². The van der Waals surface area contributed by atoms with Crippen molar-refractivity contribution in [2.24, 2.45) is 0 Å². The maximum absolute atomic E-state index is 13.6. The number of alkyl halides is 1. The molecule has 2 aromatic rings. The standard InChI is InChI=1S/C12H8ClF2NO3/c1-6-4-7(9(15)5-8(6)14)12(13)10-2-3-11(19-10)16(17)18/h2-5,12H,1H3. The summed E-state index contributed by atoms with van der Waals surface area (Å²) in [6.07, 6.45) is 0. The van der Waals surface area contributed by atoms with Crippen molar-refractivity contribution in [3.63, 3.8) is 0 Å². The van der Waals surface area contributed by atoms with Gasteiger partial charge in [-0.1, -0.05) is 0 Å². The van der Waals surface area contributed by atoms with Crippen LogP contribution in [0, 0.1) is 28.7 Å². The van der Waals surface area contributed by atoms with Gasteiger partial charge in [0.15, 0.2) is 0 Å². The maximum Gasteiger partial charge on any atom is 0.433 e. The molecule has 0 saturated carbocycles. The van der Waals surface area contributed by atoms with E-state index in [0.29, 0.717) is 0 Å². The summed E-state index contributed by atoms with van der Waals surface area (Å²) in [6.45, 7) is 1.46. The molecule has 0 bridgehead atoms. The number of hydrogen-bond acceptors (Lipinski definition) is 3. The number of aryl methyl sites for hydroxylation is 1. The number of furan rings is 1. The Labute approximate surface area is 111 Å².